The lowest BCUT2D eigenvalue weighted by Crippen LogP contribution is -2.26. The highest BCUT2D eigenvalue weighted by Crippen LogP contribution is 2.07. The molecule has 0 aromatic heterocycles. The van der Waals surface area contributed by atoms with Crippen LogP contribution < -0.4 is 4.74 Å². The Morgan fingerprint density at radius 3 is 2.50 bits per heavy atom. The average Bonchev–Trinajstić information content (AvgIpc) is 2.31. The Balaban J connectivity index is 2.06. The van der Waals surface area contributed by atoms with Crippen LogP contribution in [0.15, 0.2) is 30.3 Å². The third kappa shape index (κ3) is 5.73. The smallest absolute Gasteiger partial charge is 0.119 e. The number of hydrogen-bond acceptors (Lipinski definition) is 3. The van der Waals surface area contributed by atoms with Gasteiger partial charge in [-0.2, -0.15) is 0 Å². The van der Waals surface area contributed by atoms with Crippen LogP contribution in [0.5, 0.6) is 5.75 Å². The lowest BCUT2D eigenvalue weighted by Gasteiger charge is -2.16. The second-order valence-electron chi connectivity index (χ2n) is 3.81. The van der Waals surface area contributed by atoms with Crippen molar-refractivity contribution in [1.29, 1.82) is 0 Å². The fourth-order valence-electron chi connectivity index (χ4n) is 1.43. The van der Waals surface area contributed by atoms with Crippen LogP contribution in [0, 0.1) is 0 Å². The van der Waals surface area contributed by atoms with Crippen molar-refractivity contribution in [3.05, 3.63) is 30.3 Å². The molecule has 90 valence electrons. The summed E-state index contributed by atoms with van der Waals surface area (Å²) in [4.78, 5) is 2.25. The maximum absolute atomic E-state index is 5.61. The number of rotatable bonds is 8. The van der Waals surface area contributed by atoms with Gasteiger partial charge in [-0.25, -0.2) is 0 Å². The summed E-state index contributed by atoms with van der Waals surface area (Å²) >= 11 is 0. The molecule has 0 bridgehead atoms. The summed E-state index contributed by atoms with van der Waals surface area (Å²) in [6.07, 6.45) is 1.07. The van der Waals surface area contributed by atoms with Crippen LogP contribution >= 0.6 is 0 Å². The van der Waals surface area contributed by atoms with Crippen molar-refractivity contribution < 1.29 is 9.47 Å². The first-order valence-electron chi connectivity index (χ1n) is 5.68. The van der Waals surface area contributed by atoms with Gasteiger partial charge in [-0.15, -0.1) is 0 Å². The van der Waals surface area contributed by atoms with Gasteiger partial charge < -0.3 is 14.4 Å². The molecule has 1 rings (SSSR count). The van der Waals surface area contributed by atoms with Crippen molar-refractivity contribution >= 4 is 0 Å². The molecule has 0 heterocycles. The zero-order valence-electron chi connectivity index (χ0n) is 10.2. The van der Waals surface area contributed by atoms with Gasteiger partial charge in [0.25, 0.3) is 0 Å². The predicted octanol–water partition coefficient (Wildman–Crippen LogP) is 2.03. The molecule has 0 N–H and O–H groups in total. The molecule has 0 aliphatic heterocycles. The Morgan fingerprint density at radius 1 is 1.06 bits per heavy atom. The van der Waals surface area contributed by atoms with E-state index in [1.54, 1.807) is 7.11 Å². The Bertz CT molecular complexity index is 264. The van der Waals surface area contributed by atoms with Crippen LogP contribution in [0.2, 0.25) is 0 Å². The SMILES string of the molecule is COCCCN(C)CCOc1ccccc1. The number of ether oxygens (including phenoxy) is 2. The van der Waals surface area contributed by atoms with Crippen LogP contribution in [0.25, 0.3) is 0 Å². The summed E-state index contributed by atoms with van der Waals surface area (Å²) < 4.78 is 10.6. The summed E-state index contributed by atoms with van der Waals surface area (Å²) in [5.74, 6) is 0.938. The molecule has 0 aliphatic carbocycles. The highest BCUT2D eigenvalue weighted by molar-refractivity contribution is 5.20. The molecule has 1 aromatic rings. The van der Waals surface area contributed by atoms with Crippen molar-refractivity contribution in [2.24, 2.45) is 0 Å². The highest BCUT2D eigenvalue weighted by Gasteiger charge is 1.98. The quantitative estimate of drug-likeness (QED) is 0.629. The monoisotopic (exact) mass is 223 g/mol. The summed E-state index contributed by atoms with van der Waals surface area (Å²) in [6, 6.07) is 9.91. The van der Waals surface area contributed by atoms with Crippen LogP contribution in [0.1, 0.15) is 6.42 Å². The Labute approximate surface area is 98.0 Å². The van der Waals surface area contributed by atoms with E-state index in [4.69, 9.17) is 9.47 Å². The molecule has 0 amide bonds. The minimum absolute atomic E-state index is 0.730. The second kappa shape index (κ2) is 8.13. The van der Waals surface area contributed by atoms with Crippen LogP contribution in [0.3, 0.4) is 0 Å². The lowest BCUT2D eigenvalue weighted by molar-refractivity contribution is 0.172. The summed E-state index contributed by atoms with van der Waals surface area (Å²) in [6.45, 7) is 3.54. The Kier molecular flexibility index (Phi) is 6.61. The molecule has 0 radical (unpaired) electrons. The van der Waals surface area contributed by atoms with Gasteiger partial charge in [0, 0.05) is 26.8 Å². The van der Waals surface area contributed by atoms with E-state index in [-0.39, 0.29) is 0 Å². The van der Waals surface area contributed by atoms with Crippen LogP contribution in [-0.2, 0) is 4.74 Å². The predicted molar refractivity (Wildman–Crippen MR) is 65.9 cm³/mol. The van der Waals surface area contributed by atoms with E-state index in [0.29, 0.717) is 0 Å². The van der Waals surface area contributed by atoms with Gasteiger partial charge in [0.05, 0.1) is 0 Å². The van der Waals surface area contributed by atoms with E-state index in [1.807, 2.05) is 30.3 Å². The van der Waals surface area contributed by atoms with Gasteiger partial charge in [-0.3, -0.25) is 0 Å². The van der Waals surface area contributed by atoms with Crippen molar-refractivity contribution in [1.82, 2.24) is 4.90 Å². The van der Waals surface area contributed by atoms with Gasteiger partial charge in [0.1, 0.15) is 12.4 Å². The van der Waals surface area contributed by atoms with Gasteiger partial charge in [0.2, 0.25) is 0 Å². The van der Waals surface area contributed by atoms with Crippen molar-refractivity contribution in [2.75, 3.05) is 40.5 Å². The molecule has 3 nitrogen and oxygen atoms in total. The Hall–Kier alpha value is -1.06. The number of benzene rings is 1. The van der Waals surface area contributed by atoms with Crippen molar-refractivity contribution in [3.63, 3.8) is 0 Å². The van der Waals surface area contributed by atoms with Gasteiger partial charge in [-0.05, 0) is 25.6 Å². The molecular weight excluding hydrogens is 202 g/mol. The van der Waals surface area contributed by atoms with Gasteiger partial charge in [0.15, 0.2) is 0 Å². The summed E-state index contributed by atoms with van der Waals surface area (Å²) in [5, 5.41) is 0. The maximum Gasteiger partial charge on any atom is 0.119 e. The first-order valence-corrected chi connectivity index (χ1v) is 5.68. The number of likely N-dealkylation sites (N-methyl/N-ethyl adjacent to an activating group) is 1. The minimum atomic E-state index is 0.730. The molecule has 0 spiro atoms. The standard InChI is InChI=1S/C13H21NO2/c1-14(9-6-11-15-2)10-12-16-13-7-4-3-5-8-13/h3-5,7-8H,6,9-12H2,1-2H3. The minimum Gasteiger partial charge on any atom is -0.492 e. The number of nitrogens with zero attached hydrogens (tertiary/aromatic N) is 1. The van der Waals surface area contributed by atoms with Gasteiger partial charge >= 0.3 is 0 Å². The van der Waals surface area contributed by atoms with Crippen LogP contribution in [0.4, 0.5) is 0 Å². The number of hydrogen-bond donors (Lipinski definition) is 0. The molecule has 0 aliphatic rings. The van der Waals surface area contributed by atoms with E-state index >= 15 is 0 Å². The fourth-order valence-corrected chi connectivity index (χ4v) is 1.43. The van der Waals surface area contributed by atoms with E-state index < -0.39 is 0 Å². The second-order valence-corrected chi connectivity index (χ2v) is 3.81. The van der Waals surface area contributed by atoms with E-state index in [9.17, 15) is 0 Å². The van der Waals surface area contributed by atoms with Crippen LogP contribution in [-0.4, -0.2) is 45.4 Å². The third-order valence-electron chi connectivity index (χ3n) is 2.37. The number of para-hydroxylation sites is 1. The molecule has 0 saturated heterocycles. The van der Waals surface area contributed by atoms with Crippen molar-refractivity contribution in [2.45, 2.75) is 6.42 Å². The average molecular weight is 223 g/mol. The molecule has 0 atom stereocenters. The first kappa shape index (κ1) is 13.0. The van der Waals surface area contributed by atoms with Gasteiger partial charge in [-0.1, -0.05) is 18.2 Å². The lowest BCUT2D eigenvalue weighted by atomic mass is 10.3. The summed E-state index contributed by atoms with van der Waals surface area (Å²) in [5.41, 5.74) is 0. The normalized spacial score (nSPS) is 10.7. The third-order valence-corrected chi connectivity index (χ3v) is 2.37. The molecule has 3 heteroatoms. The zero-order chi connectivity index (χ0) is 11.6. The molecule has 0 fully saturated rings. The molecule has 0 unspecified atom stereocenters. The maximum atomic E-state index is 5.61. The van der Waals surface area contributed by atoms with E-state index in [2.05, 4.69) is 11.9 Å². The Morgan fingerprint density at radius 2 is 1.81 bits per heavy atom. The molecular formula is C13H21NO2. The van der Waals surface area contributed by atoms with E-state index in [0.717, 1.165) is 38.5 Å². The molecule has 1 aromatic carbocycles. The summed E-state index contributed by atoms with van der Waals surface area (Å²) in [7, 11) is 3.84. The van der Waals surface area contributed by atoms with Crippen molar-refractivity contribution in [3.8, 4) is 5.75 Å². The highest BCUT2D eigenvalue weighted by atomic mass is 16.5. The zero-order valence-corrected chi connectivity index (χ0v) is 10.2. The number of methoxy groups -OCH3 is 1. The molecule has 16 heavy (non-hydrogen) atoms. The topological polar surface area (TPSA) is 21.7 Å². The first-order chi connectivity index (χ1) is 7.83. The largest absolute Gasteiger partial charge is 0.492 e. The molecule has 0 saturated carbocycles. The fraction of sp³-hybridized carbons (Fsp3) is 0.538. The van der Waals surface area contributed by atoms with E-state index in [1.165, 1.54) is 0 Å².